The van der Waals surface area contributed by atoms with Crippen molar-refractivity contribution in [3.05, 3.63) is 54.9 Å². The molecule has 1 fully saturated rings. The number of ether oxygens (including phenoxy) is 1. The van der Waals surface area contributed by atoms with Crippen LogP contribution in [-0.2, 0) is 9.53 Å². The van der Waals surface area contributed by atoms with Crippen molar-refractivity contribution in [1.29, 1.82) is 0 Å². The predicted octanol–water partition coefficient (Wildman–Crippen LogP) is 3.07. The quantitative estimate of drug-likeness (QED) is 0.786. The fourth-order valence-corrected chi connectivity index (χ4v) is 3.24. The number of imidazole rings is 1. The van der Waals surface area contributed by atoms with Gasteiger partial charge in [-0.2, -0.15) is 0 Å². The van der Waals surface area contributed by atoms with Gasteiger partial charge in [0.25, 0.3) is 0 Å². The zero-order valence-electron chi connectivity index (χ0n) is 14.8. The van der Waals surface area contributed by atoms with Gasteiger partial charge in [-0.25, -0.2) is 4.98 Å². The number of rotatable bonds is 4. The molecular formula is C20H22N4O2. The van der Waals surface area contributed by atoms with Gasteiger partial charge in [-0.1, -0.05) is 12.1 Å². The molecule has 2 heterocycles. The molecule has 6 heteroatoms. The van der Waals surface area contributed by atoms with Crippen LogP contribution in [-0.4, -0.2) is 41.8 Å². The van der Waals surface area contributed by atoms with Crippen molar-refractivity contribution in [3.63, 3.8) is 0 Å². The Kier molecular flexibility index (Phi) is 4.58. The minimum Gasteiger partial charge on any atom is -0.378 e. The number of carbonyl (C=O) groups excluding carboxylic acids is 1. The Morgan fingerprint density at radius 1 is 1.12 bits per heavy atom. The third kappa shape index (κ3) is 3.28. The van der Waals surface area contributed by atoms with Crippen LogP contribution < -0.4 is 10.2 Å². The summed E-state index contributed by atoms with van der Waals surface area (Å²) in [5, 5.41) is 2.99. The predicted molar refractivity (Wildman–Crippen MR) is 103 cm³/mol. The molecule has 0 unspecified atom stereocenters. The molecule has 2 aromatic carbocycles. The lowest BCUT2D eigenvalue weighted by atomic mass is 10.2. The number of anilines is 2. The molecule has 134 valence electrons. The van der Waals surface area contributed by atoms with E-state index in [2.05, 4.69) is 15.2 Å². The van der Waals surface area contributed by atoms with Gasteiger partial charge in [0, 0.05) is 24.5 Å². The molecule has 1 amide bonds. The first-order chi connectivity index (χ1) is 12.7. The fraction of sp³-hybridized carbons (Fsp3) is 0.300. The van der Waals surface area contributed by atoms with E-state index in [1.165, 1.54) is 0 Å². The van der Waals surface area contributed by atoms with E-state index in [-0.39, 0.29) is 11.9 Å². The Labute approximate surface area is 152 Å². The highest BCUT2D eigenvalue weighted by atomic mass is 16.5. The Hall–Kier alpha value is -2.86. The number of amides is 1. The minimum absolute atomic E-state index is 0.0627. The lowest BCUT2D eigenvalue weighted by Gasteiger charge is -2.29. The maximum absolute atomic E-state index is 12.7. The Bertz CT molecular complexity index is 898. The maximum atomic E-state index is 12.7. The van der Waals surface area contributed by atoms with Crippen LogP contribution >= 0.6 is 0 Å². The first-order valence-electron chi connectivity index (χ1n) is 8.87. The Balaban J connectivity index is 1.45. The maximum Gasteiger partial charge on any atom is 0.247 e. The van der Waals surface area contributed by atoms with Crippen LogP contribution in [0.3, 0.4) is 0 Å². The average molecular weight is 350 g/mol. The van der Waals surface area contributed by atoms with Crippen LogP contribution in [0.2, 0.25) is 0 Å². The van der Waals surface area contributed by atoms with Gasteiger partial charge >= 0.3 is 0 Å². The van der Waals surface area contributed by atoms with Gasteiger partial charge < -0.3 is 19.5 Å². The van der Waals surface area contributed by atoms with Gasteiger partial charge in [0.15, 0.2) is 0 Å². The summed E-state index contributed by atoms with van der Waals surface area (Å²) in [5.74, 6) is -0.0627. The third-order valence-electron chi connectivity index (χ3n) is 4.79. The number of benzene rings is 2. The largest absolute Gasteiger partial charge is 0.378 e. The molecule has 26 heavy (non-hydrogen) atoms. The molecule has 6 nitrogen and oxygen atoms in total. The number of nitrogens with one attached hydrogen (secondary N) is 1. The number of aromatic nitrogens is 2. The zero-order valence-corrected chi connectivity index (χ0v) is 14.8. The summed E-state index contributed by atoms with van der Waals surface area (Å²) in [6.07, 6.45) is 1.72. The molecule has 0 bridgehead atoms. The summed E-state index contributed by atoms with van der Waals surface area (Å²) >= 11 is 0. The summed E-state index contributed by atoms with van der Waals surface area (Å²) in [5.41, 5.74) is 3.79. The van der Waals surface area contributed by atoms with E-state index in [9.17, 15) is 4.79 Å². The first-order valence-corrected chi connectivity index (χ1v) is 8.87. The van der Waals surface area contributed by atoms with E-state index in [0.717, 1.165) is 48.7 Å². The zero-order chi connectivity index (χ0) is 17.9. The molecular weight excluding hydrogens is 328 g/mol. The van der Waals surface area contributed by atoms with Crippen molar-refractivity contribution in [2.75, 3.05) is 36.5 Å². The molecule has 1 aromatic heterocycles. The van der Waals surface area contributed by atoms with Crippen molar-refractivity contribution < 1.29 is 9.53 Å². The van der Waals surface area contributed by atoms with Crippen LogP contribution in [0.25, 0.3) is 11.0 Å². The summed E-state index contributed by atoms with van der Waals surface area (Å²) in [4.78, 5) is 19.3. The van der Waals surface area contributed by atoms with Crippen LogP contribution in [0.1, 0.15) is 13.0 Å². The Morgan fingerprint density at radius 3 is 2.62 bits per heavy atom. The van der Waals surface area contributed by atoms with E-state index in [1.54, 1.807) is 6.33 Å². The average Bonchev–Trinajstić information content (AvgIpc) is 3.13. The van der Waals surface area contributed by atoms with E-state index >= 15 is 0 Å². The lowest BCUT2D eigenvalue weighted by molar-refractivity contribution is -0.118. The normalized spacial score (nSPS) is 15.8. The molecule has 1 aliphatic rings. The van der Waals surface area contributed by atoms with E-state index in [4.69, 9.17) is 4.74 Å². The molecule has 0 aliphatic carbocycles. The smallest absolute Gasteiger partial charge is 0.247 e. The van der Waals surface area contributed by atoms with Crippen LogP contribution in [0, 0.1) is 0 Å². The monoisotopic (exact) mass is 350 g/mol. The number of nitrogens with zero attached hydrogens (tertiary/aromatic N) is 3. The second-order valence-corrected chi connectivity index (χ2v) is 6.45. The van der Waals surface area contributed by atoms with Crippen molar-refractivity contribution in [2.24, 2.45) is 0 Å². The van der Waals surface area contributed by atoms with Gasteiger partial charge in [0.1, 0.15) is 6.04 Å². The molecule has 1 atom stereocenters. The fourth-order valence-electron chi connectivity index (χ4n) is 3.24. The van der Waals surface area contributed by atoms with Crippen LogP contribution in [0.15, 0.2) is 54.9 Å². The topological polar surface area (TPSA) is 59.4 Å². The number of morpholine rings is 1. The van der Waals surface area contributed by atoms with Gasteiger partial charge in [-0.05, 0) is 43.3 Å². The molecule has 1 saturated heterocycles. The molecule has 0 saturated carbocycles. The summed E-state index contributed by atoms with van der Waals surface area (Å²) in [7, 11) is 0. The van der Waals surface area contributed by atoms with Gasteiger partial charge in [0.05, 0.1) is 30.6 Å². The molecule has 3 aromatic rings. The van der Waals surface area contributed by atoms with E-state index in [0.29, 0.717) is 0 Å². The molecule has 1 N–H and O–H groups in total. The van der Waals surface area contributed by atoms with Crippen molar-refractivity contribution in [2.45, 2.75) is 13.0 Å². The number of fused-ring (bicyclic) bond motifs is 1. The van der Waals surface area contributed by atoms with Gasteiger partial charge in [0.2, 0.25) is 5.91 Å². The molecule has 1 aliphatic heterocycles. The van der Waals surface area contributed by atoms with Crippen LogP contribution in [0.5, 0.6) is 0 Å². The highest BCUT2D eigenvalue weighted by molar-refractivity contribution is 5.94. The second-order valence-electron chi connectivity index (χ2n) is 6.45. The Morgan fingerprint density at radius 2 is 1.85 bits per heavy atom. The standard InChI is InChI=1S/C20H22N4O2/c1-15(24-14-21-18-4-2-3-5-19(18)24)20(25)22-16-6-8-17(9-7-16)23-10-12-26-13-11-23/h2-9,14-15H,10-13H2,1H3,(H,22,25)/t15-/m1/s1. The molecule has 0 radical (unpaired) electrons. The lowest BCUT2D eigenvalue weighted by Crippen LogP contribution is -2.36. The highest BCUT2D eigenvalue weighted by Crippen LogP contribution is 2.21. The summed E-state index contributed by atoms with van der Waals surface area (Å²) in [6.45, 7) is 5.20. The minimum atomic E-state index is -0.346. The summed E-state index contributed by atoms with van der Waals surface area (Å²) < 4.78 is 7.28. The van der Waals surface area contributed by atoms with Crippen molar-refractivity contribution in [3.8, 4) is 0 Å². The van der Waals surface area contributed by atoms with Gasteiger partial charge in [-0.15, -0.1) is 0 Å². The van der Waals surface area contributed by atoms with E-state index in [1.807, 2.05) is 60.0 Å². The van der Waals surface area contributed by atoms with E-state index < -0.39 is 0 Å². The SMILES string of the molecule is C[C@H](C(=O)Nc1ccc(N2CCOCC2)cc1)n1cnc2ccccc21. The molecule has 4 rings (SSSR count). The number of carbonyl (C=O) groups is 1. The second kappa shape index (κ2) is 7.17. The highest BCUT2D eigenvalue weighted by Gasteiger charge is 2.17. The summed E-state index contributed by atoms with van der Waals surface area (Å²) in [6, 6.07) is 15.4. The molecule has 0 spiro atoms. The number of hydrogen-bond acceptors (Lipinski definition) is 4. The van der Waals surface area contributed by atoms with Crippen LogP contribution in [0.4, 0.5) is 11.4 Å². The third-order valence-corrected chi connectivity index (χ3v) is 4.79. The number of hydrogen-bond donors (Lipinski definition) is 1. The van der Waals surface area contributed by atoms with Gasteiger partial charge in [-0.3, -0.25) is 4.79 Å². The van der Waals surface area contributed by atoms with Crippen molar-refractivity contribution in [1.82, 2.24) is 9.55 Å². The first kappa shape index (κ1) is 16.6. The van der Waals surface area contributed by atoms with Crippen molar-refractivity contribution >= 4 is 28.3 Å². The number of para-hydroxylation sites is 2.